The number of rotatable bonds is 3. The van der Waals surface area contributed by atoms with Crippen molar-refractivity contribution >= 4 is 17.4 Å². The number of hydrogen-bond acceptors (Lipinski definition) is 4. The average molecular weight is 283 g/mol. The van der Waals surface area contributed by atoms with Crippen LogP contribution in [0.1, 0.15) is 5.56 Å². The molecule has 0 aliphatic heterocycles. The predicted molar refractivity (Wildman–Crippen MR) is 78.5 cm³/mol. The van der Waals surface area contributed by atoms with Gasteiger partial charge in [0.25, 0.3) is 0 Å². The Kier molecular flexibility index (Phi) is 4.26. The molecule has 2 amide bonds. The number of carbonyl (C=O) groups excluding carboxylic acids is 1. The van der Waals surface area contributed by atoms with Gasteiger partial charge in [-0.25, -0.2) is 4.79 Å². The summed E-state index contributed by atoms with van der Waals surface area (Å²) in [6.45, 7) is 0. The van der Waals surface area contributed by atoms with E-state index in [1.807, 2.05) is 6.07 Å². The largest absolute Gasteiger partial charge is 0.504 e. The van der Waals surface area contributed by atoms with Crippen LogP contribution in [0.15, 0.2) is 42.5 Å². The van der Waals surface area contributed by atoms with Crippen molar-refractivity contribution in [2.45, 2.75) is 0 Å². The Hall–Kier alpha value is -3.20. The number of carbonyl (C=O) groups is 1. The Morgan fingerprint density at radius 1 is 1.14 bits per heavy atom. The van der Waals surface area contributed by atoms with E-state index in [-0.39, 0.29) is 17.0 Å². The second-order valence-electron chi connectivity index (χ2n) is 4.09. The lowest BCUT2D eigenvalue weighted by Crippen LogP contribution is -2.19. The van der Waals surface area contributed by atoms with Gasteiger partial charge in [-0.05, 0) is 24.3 Å². The van der Waals surface area contributed by atoms with Crippen LogP contribution in [0.2, 0.25) is 0 Å². The lowest BCUT2D eigenvalue weighted by Gasteiger charge is -2.12. The van der Waals surface area contributed by atoms with Gasteiger partial charge in [0.2, 0.25) is 0 Å². The highest BCUT2D eigenvalue weighted by Gasteiger charge is 2.11. The van der Waals surface area contributed by atoms with Crippen molar-refractivity contribution in [1.29, 1.82) is 5.26 Å². The standard InChI is InChI=1S/C15H13N3O3/c1-21-13-8-3-2-6-11(13)17-15(20)18-12-7-4-5-10(9-16)14(12)19/h2-8,19H,1H3,(H2,17,18,20). The molecule has 0 atom stereocenters. The minimum Gasteiger partial charge on any atom is -0.504 e. The summed E-state index contributed by atoms with van der Waals surface area (Å²) < 4.78 is 5.12. The second kappa shape index (κ2) is 6.30. The molecule has 0 saturated heterocycles. The van der Waals surface area contributed by atoms with Crippen molar-refractivity contribution in [3.63, 3.8) is 0 Å². The average Bonchev–Trinajstić information content (AvgIpc) is 2.50. The summed E-state index contributed by atoms with van der Waals surface area (Å²) in [5, 5.41) is 23.7. The summed E-state index contributed by atoms with van der Waals surface area (Å²) in [4.78, 5) is 11.9. The van der Waals surface area contributed by atoms with Gasteiger partial charge >= 0.3 is 6.03 Å². The van der Waals surface area contributed by atoms with E-state index in [0.29, 0.717) is 11.4 Å². The molecular weight excluding hydrogens is 270 g/mol. The molecule has 0 heterocycles. The number of urea groups is 1. The van der Waals surface area contributed by atoms with Gasteiger partial charge in [-0.3, -0.25) is 0 Å². The maximum atomic E-state index is 11.9. The zero-order valence-electron chi connectivity index (χ0n) is 11.3. The first-order valence-electron chi connectivity index (χ1n) is 6.09. The van der Waals surface area contributed by atoms with Crippen LogP contribution < -0.4 is 15.4 Å². The molecule has 0 unspecified atom stereocenters. The molecule has 6 nitrogen and oxygen atoms in total. The van der Waals surface area contributed by atoms with Gasteiger partial charge in [0, 0.05) is 0 Å². The molecule has 106 valence electrons. The Bertz CT molecular complexity index is 708. The summed E-state index contributed by atoms with van der Waals surface area (Å²) in [7, 11) is 1.50. The van der Waals surface area contributed by atoms with Crippen LogP contribution in [0.5, 0.6) is 11.5 Å². The number of anilines is 2. The number of phenolic OH excluding ortho intramolecular Hbond substituents is 1. The highest BCUT2D eigenvalue weighted by Crippen LogP contribution is 2.27. The summed E-state index contributed by atoms with van der Waals surface area (Å²) in [5.74, 6) is 0.248. The fourth-order valence-corrected chi connectivity index (χ4v) is 1.76. The van der Waals surface area contributed by atoms with Crippen LogP contribution in [0.4, 0.5) is 16.2 Å². The van der Waals surface area contributed by atoms with Crippen molar-refractivity contribution in [3.05, 3.63) is 48.0 Å². The smallest absolute Gasteiger partial charge is 0.323 e. The highest BCUT2D eigenvalue weighted by molar-refractivity contribution is 6.01. The summed E-state index contributed by atoms with van der Waals surface area (Å²) in [6, 6.07) is 12.7. The quantitative estimate of drug-likeness (QED) is 0.755. The Labute approximate surface area is 121 Å². The number of nitrogens with one attached hydrogen (secondary N) is 2. The number of phenols is 1. The SMILES string of the molecule is COc1ccccc1NC(=O)Nc1cccc(C#N)c1O. The first-order valence-corrected chi connectivity index (χ1v) is 6.09. The van der Waals surface area contributed by atoms with Gasteiger partial charge in [0.15, 0.2) is 5.75 Å². The van der Waals surface area contributed by atoms with Gasteiger partial charge in [-0.1, -0.05) is 18.2 Å². The zero-order valence-corrected chi connectivity index (χ0v) is 11.3. The van der Waals surface area contributed by atoms with Crippen LogP contribution in [0.25, 0.3) is 0 Å². The minimum absolute atomic E-state index is 0.0880. The van der Waals surface area contributed by atoms with E-state index >= 15 is 0 Å². The van der Waals surface area contributed by atoms with Crippen molar-refractivity contribution in [2.24, 2.45) is 0 Å². The monoisotopic (exact) mass is 283 g/mol. The number of aromatic hydroxyl groups is 1. The van der Waals surface area contributed by atoms with Gasteiger partial charge in [0.05, 0.1) is 24.0 Å². The molecule has 21 heavy (non-hydrogen) atoms. The highest BCUT2D eigenvalue weighted by atomic mass is 16.5. The Balaban J connectivity index is 2.14. The summed E-state index contributed by atoms with van der Waals surface area (Å²) in [5.41, 5.74) is 0.736. The van der Waals surface area contributed by atoms with E-state index in [2.05, 4.69) is 10.6 Å². The molecule has 0 aliphatic carbocycles. The molecule has 0 bridgehead atoms. The molecule has 2 aromatic rings. The maximum absolute atomic E-state index is 11.9. The lowest BCUT2D eigenvalue weighted by molar-refractivity contribution is 0.262. The number of nitrogens with zero attached hydrogens (tertiary/aromatic N) is 1. The molecule has 0 aliphatic rings. The van der Waals surface area contributed by atoms with Crippen LogP contribution >= 0.6 is 0 Å². The zero-order chi connectivity index (χ0) is 15.2. The second-order valence-corrected chi connectivity index (χ2v) is 4.09. The molecule has 3 N–H and O–H groups in total. The van der Waals surface area contributed by atoms with Crippen molar-refractivity contribution in [3.8, 4) is 17.6 Å². The van der Waals surface area contributed by atoms with E-state index in [0.717, 1.165) is 0 Å². The Morgan fingerprint density at radius 3 is 2.52 bits per heavy atom. The molecule has 0 saturated carbocycles. The molecule has 0 aromatic heterocycles. The molecule has 0 spiro atoms. The van der Waals surface area contributed by atoms with E-state index < -0.39 is 6.03 Å². The van der Waals surface area contributed by atoms with Gasteiger partial charge in [-0.15, -0.1) is 0 Å². The molecule has 2 aromatic carbocycles. The molecular formula is C15H13N3O3. The Morgan fingerprint density at radius 2 is 1.81 bits per heavy atom. The van der Waals surface area contributed by atoms with Crippen LogP contribution in [-0.2, 0) is 0 Å². The molecule has 0 fully saturated rings. The summed E-state index contributed by atoms with van der Waals surface area (Å²) >= 11 is 0. The van der Waals surface area contributed by atoms with Gasteiger partial charge in [-0.2, -0.15) is 5.26 Å². The van der Waals surface area contributed by atoms with Crippen LogP contribution in [0, 0.1) is 11.3 Å². The first-order chi connectivity index (χ1) is 10.2. The third kappa shape index (κ3) is 3.22. The number of ether oxygens (including phenoxy) is 1. The van der Waals surface area contributed by atoms with Crippen LogP contribution in [-0.4, -0.2) is 18.2 Å². The van der Waals surface area contributed by atoms with Crippen molar-refractivity contribution in [2.75, 3.05) is 17.7 Å². The molecule has 2 rings (SSSR count). The maximum Gasteiger partial charge on any atom is 0.323 e. The fraction of sp³-hybridized carbons (Fsp3) is 0.0667. The number of benzene rings is 2. The summed E-state index contributed by atoms with van der Waals surface area (Å²) in [6.07, 6.45) is 0. The topological polar surface area (TPSA) is 94.4 Å². The minimum atomic E-state index is -0.551. The fourth-order valence-electron chi connectivity index (χ4n) is 1.76. The lowest BCUT2D eigenvalue weighted by atomic mass is 10.2. The number of hydrogen-bond donors (Lipinski definition) is 3. The number of nitriles is 1. The molecule has 0 radical (unpaired) electrons. The van der Waals surface area contributed by atoms with Gasteiger partial charge < -0.3 is 20.5 Å². The third-order valence-corrected chi connectivity index (χ3v) is 2.76. The van der Waals surface area contributed by atoms with Crippen LogP contribution in [0.3, 0.4) is 0 Å². The number of methoxy groups -OCH3 is 1. The van der Waals surface area contributed by atoms with Gasteiger partial charge in [0.1, 0.15) is 11.8 Å². The van der Waals surface area contributed by atoms with E-state index in [4.69, 9.17) is 10.00 Å². The first kappa shape index (κ1) is 14.2. The van der Waals surface area contributed by atoms with E-state index in [9.17, 15) is 9.90 Å². The number of amides is 2. The molecule has 6 heteroatoms. The number of para-hydroxylation sites is 3. The normalized spacial score (nSPS) is 9.52. The van der Waals surface area contributed by atoms with Crippen molar-refractivity contribution < 1.29 is 14.6 Å². The predicted octanol–water partition coefficient (Wildman–Crippen LogP) is 2.92. The van der Waals surface area contributed by atoms with E-state index in [1.165, 1.54) is 19.2 Å². The van der Waals surface area contributed by atoms with Crippen molar-refractivity contribution in [1.82, 2.24) is 0 Å². The van der Waals surface area contributed by atoms with E-state index in [1.54, 1.807) is 30.3 Å². The third-order valence-electron chi connectivity index (χ3n) is 2.76.